The molecule has 0 amide bonds. The summed E-state index contributed by atoms with van der Waals surface area (Å²) in [7, 11) is 6.05. The van der Waals surface area contributed by atoms with Crippen molar-refractivity contribution in [1.82, 2.24) is 9.13 Å². The number of pyridine rings is 1. The Kier molecular flexibility index (Phi) is 4.35. The number of methoxy groups -OCH3 is 1. The molecule has 0 aliphatic heterocycles. The standard InChI is InChI=1S/C27H23N3O.Bi.2H/c1-17-25(31-4)14-13-20-18-9-6-8-12-23(18)30(27(17)20)26-15-24-21(16-28(26)2)19-10-5-7-11-22(19)29(24)3;;;/h5,7-16H,1-4H3;;;/q+1;;;. The molecule has 3 heterocycles. The second kappa shape index (κ2) is 7.05. The first-order chi connectivity index (χ1) is 15.5. The molecule has 0 aliphatic rings. The van der Waals surface area contributed by atoms with E-state index in [0.717, 1.165) is 41.8 Å². The molecule has 3 aromatic heterocycles. The van der Waals surface area contributed by atoms with Crippen molar-refractivity contribution in [3.8, 4) is 11.6 Å². The fraction of sp³-hybridized carbons (Fsp3) is 0.148. The number of fused-ring (bicyclic) bond motifs is 6. The molecule has 0 bridgehead atoms. The van der Waals surface area contributed by atoms with Crippen molar-refractivity contribution in [2.24, 2.45) is 14.1 Å². The average molecular weight is 616 g/mol. The third kappa shape index (κ3) is 2.61. The Balaban J connectivity index is 1.80. The Morgan fingerprint density at radius 3 is 2.47 bits per heavy atom. The zero-order valence-corrected chi connectivity index (χ0v) is 23.2. The summed E-state index contributed by atoms with van der Waals surface area (Å²) in [5.74, 6) is 2.06. The van der Waals surface area contributed by atoms with E-state index in [-0.39, 0.29) is 0 Å². The van der Waals surface area contributed by atoms with E-state index < -0.39 is 0 Å². The zero-order chi connectivity index (χ0) is 22.1. The van der Waals surface area contributed by atoms with Crippen LogP contribution in [0.1, 0.15) is 5.56 Å². The number of aromatic nitrogens is 3. The number of aryl methyl sites for hydroxylation is 3. The second-order valence-electron chi connectivity index (χ2n) is 8.52. The molecule has 158 valence electrons. The van der Waals surface area contributed by atoms with Crippen LogP contribution in [0.3, 0.4) is 0 Å². The van der Waals surface area contributed by atoms with E-state index in [9.17, 15) is 0 Å². The normalized spacial score (nSPS) is 11.9. The summed E-state index contributed by atoms with van der Waals surface area (Å²) < 4.78 is 14.1. The maximum atomic E-state index is 5.71. The SMILES string of the molecule is COc1ccc2c3c[c]([BiH2])ccc3n(-c3cc4c(c[n+]3C)c3ccccc3n4C)c2c1C. The molecule has 6 rings (SSSR count). The Labute approximate surface area is 201 Å². The summed E-state index contributed by atoms with van der Waals surface area (Å²) in [6, 6.07) is 22.2. The molecule has 0 saturated heterocycles. The molecule has 0 unspecified atom stereocenters. The summed E-state index contributed by atoms with van der Waals surface area (Å²) >= 11 is 0.811. The van der Waals surface area contributed by atoms with E-state index in [2.05, 4.69) is 102 Å². The Bertz CT molecular complexity index is 1710. The first-order valence-electron chi connectivity index (χ1n) is 10.7. The zero-order valence-electron chi connectivity index (χ0n) is 18.7. The Hall–Kier alpha value is -2.91. The number of hydrogen-bond donors (Lipinski definition) is 0. The first-order valence-corrected chi connectivity index (χ1v) is 13.0. The topological polar surface area (TPSA) is 23.0 Å². The number of para-hydroxylation sites is 1. The van der Waals surface area contributed by atoms with Gasteiger partial charge in [0.2, 0.25) is 0 Å². The van der Waals surface area contributed by atoms with Crippen LogP contribution in [-0.2, 0) is 14.1 Å². The third-order valence-corrected chi connectivity index (χ3v) is 8.14. The van der Waals surface area contributed by atoms with Crippen LogP contribution in [0.25, 0.3) is 49.4 Å². The van der Waals surface area contributed by atoms with Crippen LogP contribution in [0.2, 0.25) is 0 Å². The summed E-state index contributed by atoms with van der Waals surface area (Å²) in [4.78, 5) is 0. The molecule has 4 nitrogen and oxygen atoms in total. The number of rotatable bonds is 2. The van der Waals surface area contributed by atoms with Crippen molar-refractivity contribution in [3.05, 3.63) is 72.4 Å². The van der Waals surface area contributed by atoms with E-state index >= 15 is 0 Å². The van der Waals surface area contributed by atoms with Gasteiger partial charge in [0, 0.05) is 0 Å². The van der Waals surface area contributed by atoms with Gasteiger partial charge in [-0.15, -0.1) is 0 Å². The predicted octanol–water partition coefficient (Wildman–Crippen LogP) is 3.83. The van der Waals surface area contributed by atoms with E-state index in [4.69, 9.17) is 4.74 Å². The fourth-order valence-electron chi connectivity index (χ4n) is 5.19. The van der Waals surface area contributed by atoms with Gasteiger partial charge in [0.05, 0.1) is 0 Å². The van der Waals surface area contributed by atoms with E-state index in [1.54, 1.807) is 7.11 Å². The second-order valence-corrected chi connectivity index (χ2v) is 11.1. The van der Waals surface area contributed by atoms with Crippen molar-refractivity contribution < 1.29 is 9.30 Å². The summed E-state index contributed by atoms with van der Waals surface area (Å²) in [5.41, 5.74) is 6.09. The molecule has 6 aromatic rings. The van der Waals surface area contributed by atoms with Crippen molar-refractivity contribution >= 4 is 71.6 Å². The van der Waals surface area contributed by atoms with Crippen LogP contribution >= 0.6 is 0 Å². The molecule has 3 aromatic carbocycles. The van der Waals surface area contributed by atoms with Gasteiger partial charge in [0.15, 0.2) is 0 Å². The summed E-state index contributed by atoms with van der Waals surface area (Å²) in [5, 5.41) is 5.14. The minimum atomic E-state index is 0.811. The molecular formula is C27H25BiN3O+. The van der Waals surface area contributed by atoms with Gasteiger partial charge >= 0.3 is 202 Å². The number of nitrogens with zero attached hydrogens (tertiary/aromatic N) is 3. The Morgan fingerprint density at radius 1 is 0.844 bits per heavy atom. The van der Waals surface area contributed by atoms with Crippen molar-refractivity contribution in [3.63, 3.8) is 0 Å². The van der Waals surface area contributed by atoms with Crippen LogP contribution in [0, 0.1) is 6.92 Å². The van der Waals surface area contributed by atoms with Crippen molar-refractivity contribution in [2.45, 2.75) is 6.92 Å². The van der Waals surface area contributed by atoms with E-state index in [1.165, 1.54) is 46.9 Å². The molecule has 32 heavy (non-hydrogen) atoms. The van der Waals surface area contributed by atoms with E-state index in [1.807, 2.05) is 0 Å². The third-order valence-electron chi connectivity index (χ3n) is 6.75. The quantitative estimate of drug-likeness (QED) is 0.215. The maximum absolute atomic E-state index is 5.71. The number of ether oxygens (including phenoxy) is 1. The van der Waals surface area contributed by atoms with Crippen LogP contribution in [0.4, 0.5) is 0 Å². The van der Waals surface area contributed by atoms with Gasteiger partial charge in [-0.3, -0.25) is 0 Å². The number of benzene rings is 3. The van der Waals surface area contributed by atoms with E-state index in [0.29, 0.717) is 0 Å². The van der Waals surface area contributed by atoms with Crippen molar-refractivity contribution in [1.29, 1.82) is 0 Å². The molecule has 0 radical (unpaired) electrons. The molecule has 0 atom stereocenters. The molecule has 5 heteroatoms. The Morgan fingerprint density at radius 2 is 1.66 bits per heavy atom. The van der Waals surface area contributed by atoms with Gasteiger partial charge in [-0.05, 0) is 0 Å². The predicted molar refractivity (Wildman–Crippen MR) is 135 cm³/mol. The molecule has 0 saturated carbocycles. The van der Waals surface area contributed by atoms with Gasteiger partial charge in [-0.25, -0.2) is 0 Å². The van der Waals surface area contributed by atoms with Crippen LogP contribution < -0.4 is 12.6 Å². The average Bonchev–Trinajstić information content (AvgIpc) is 3.26. The van der Waals surface area contributed by atoms with Gasteiger partial charge in [-0.1, -0.05) is 0 Å². The van der Waals surface area contributed by atoms with Crippen LogP contribution in [-0.4, -0.2) is 41.0 Å². The molecular weight excluding hydrogens is 591 g/mol. The molecule has 0 aliphatic carbocycles. The minimum absolute atomic E-state index is 0.811. The fourth-order valence-corrected chi connectivity index (χ4v) is 6.21. The number of hydrogen-bond acceptors (Lipinski definition) is 1. The van der Waals surface area contributed by atoms with Crippen molar-refractivity contribution in [2.75, 3.05) is 7.11 Å². The van der Waals surface area contributed by atoms with Gasteiger partial charge in [-0.2, -0.15) is 0 Å². The monoisotopic (exact) mass is 616 g/mol. The first kappa shape index (κ1) is 19.8. The van der Waals surface area contributed by atoms with Gasteiger partial charge < -0.3 is 0 Å². The summed E-state index contributed by atoms with van der Waals surface area (Å²) in [6.45, 7) is 2.16. The van der Waals surface area contributed by atoms with Crippen LogP contribution in [0.5, 0.6) is 5.75 Å². The molecule has 0 spiro atoms. The summed E-state index contributed by atoms with van der Waals surface area (Å²) in [6.07, 6.45) is 2.27. The molecule has 0 fully saturated rings. The molecule has 0 N–H and O–H groups in total. The van der Waals surface area contributed by atoms with Crippen LogP contribution in [0.15, 0.2) is 66.9 Å². The van der Waals surface area contributed by atoms with Gasteiger partial charge in [0.1, 0.15) is 0 Å². The van der Waals surface area contributed by atoms with Gasteiger partial charge in [0.25, 0.3) is 0 Å².